The van der Waals surface area contributed by atoms with Crippen molar-refractivity contribution in [1.29, 1.82) is 0 Å². The molecule has 0 radical (unpaired) electrons. The lowest BCUT2D eigenvalue weighted by Gasteiger charge is -2.15. The number of rotatable bonds is 3. The molecule has 0 amide bonds. The molecule has 3 N–H and O–H groups in total. The van der Waals surface area contributed by atoms with Crippen LogP contribution < -0.4 is 16.0 Å². The number of para-hydroxylation sites is 1. The third-order valence-corrected chi connectivity index (χ3v) is 5.88. The maximum atomic E-state index is 8.00. The molecule has 0 saturated carbocycles. The van der Waals surface area contributed by atoms with Crippen molar-refractivity contribution in [1.82, 2.24) is 19.9 Å². The van der Waals surface area contributed by atoms with Crippen LogP contribution in [-0.4, -0.2) is 33.8 Å². The van der Waals surface area contributed by atoms with Crippen LogP contribution in [0.15, 0.2) is 42.9 Å². The van der Waals surface area contributed by atoms with E-state index in [9.17, 15) is 0 Å². The lowest BCUT2D eigenvalue weighted by Crippen LogP contribution is -2.14. The van der Waals surface area contributed by atoms with Crippen molar-refractivity contribution in [3.8, 4) is 0 Å². The molecule has 1 aliphatic heterocycles. The SMILES string of the molecule is C=O.CN.Cc1nc(C)c(N2Cc3ncnc(Nc4cnc5ccccc5c4)c3C2)s1. The number of anilines is 3. The highest BCUT2D eigenvalue weighted by molar-refractivity contribution is 7.15. The van der Waals surface area contributed by atoms with Gasteiger partial charge in [-0.1, -0.05) is 18.2 Å². The number of carbonyl (C=O) groups excluding carboxylic acids is 1. The van der Waals surface area contributed by atoms with Crippen LogP contribution in [0.4, 0.5) is 16.5 Å². The molecule has 3 aromatic heterocycles. The quantitative estimate of drug-likeness (QED) is 0.501. The third kappa shape index (κ3) is 4.68. The van der Waals surface area contributed by atoms with Crippen LogP contribution in [0, 0.1) is 13.8 Å². The molecule has 0 fully saturated rings. The largest absolute Gasteiger partial charge is 0.351 e. The number of fused-ring (bicyclic) bond motifs is 2. The summed E-state index contributed by atoms with van der Waals surface area (Å²) in [6.07, 6.45) is 3.48. The number of carbonyl (C=O) groups is 1. The zero-order valence-electron chi connectivity index (χ0n) is 17.8. The van der Waals surface area contributed by atoms with Crippen LogP contribution in [0.3, 0.4) is 0 Å². The monoisotopic (exact) mass is 435 g/mol. The first-order chi connectivity index (χ1) is 15.2. The number of pyridine rings is 1. The summed E-state index contributed by atoms with van der Waals surface area (Å²) >= 11 is 1.73. The predicted molar refractivity (Wildman–Crippen MR) is 126 cm³/mol. The normalized spacial score (nSPS) is 11.8. The standard InChI is InChI=1S/C20H18N6S.CH5N.CH2O/c1-12-20(27-13(2)24-12)26-9-16-18(10-26)22-11-23-19(16)25-15-7-14-5-3-4-6-17(14)21-8-15;2*1-2/h3-8,11H,9-10H2,1-2H3,(H,22,23,25);2H2,1H3;1H2. The first kappa shape index (κ1) is 22.3. The van der Waals surface area contributed by atoms with Gasteiger partial charge in [-0.05, 0) is 33.0 Å². The molecule has 0 saturated heterocycles. The van der Waals surface area contributed by atoms with Crippen LogP contribution >= 0.6 is 11.3 Å². The Labute approximate surface area is 185 Å². The second-order valence-corrected chi connectivity index (χ2v) is 7.85. The minimum absolute atomic E-state index is 0.780. The van der Waals surface area contributed by atoms with Crippen LogP contribution in [0.1, 0.15) is 22.0 Å². The Morgan fingerprint density at radius 2 is 1.87 bits per heavy atom. The molecule has 0 bridgehead atoms. The summed E-state index contributed by atoms with van der Waals surface area (Å²) in [6, 6.07) is 10.2. The molecular formula is C22H25N7OS. The summed E-state index contributed by atoms with van der Waals surface area (Å²) in [6.45, 7) is 7.67. The number of aryl methyl sites for hydroxylation is 2. The number of hydrogen-bond acceptors (Lipinski definition) is 9. The molecule has 4 aromatic rings. The van der Waals surface area contributed by atoms with Gasteiger partial charge < -0.3 is 20.7 Å². The van der Waals surface area contributed by atoms with Crippen LogP contribution in [0.5, 0.6) is 0 Å². The van der Waals surface area contributed by atoms with Gasteiger partial charge in [0.1, 0.15) is 23.9 Å². The van der Waals surface area contributed by atoms with E-state index in [4.69, 9.17) is 4.79 Å². The van der Waals surface area contributed by atoms with E-state index in [1.807, 2.05) is 38.1 Å². The lowest BCUT2D eigenvalue weighted by atomic mass is 10.2. The number of hydrogen-bond donors (Lipinski definition) is 2. The zero-order chi connectivity index (χ0) is 22.4. The van der Waals surface area contributed by atoms with E-state index in [1.54, 1.807) is 17.7 Å². The first-order valence-corrected chi connectivity index (χ1v) is 10.5. The van der Waals surface area contributed by atoms with Crippen molar-refractivity contribution >= 4 is 45.5 Å². The lowest BCUT2D eigenvalue weighted by molar-refractivity contribution is -0.0979. The van der Waals surface area contributed by atoms with E-state index >= 15 is 0 Å². The van der Waals surface area contributed by atoms with E-state index in [0.29, 0.717) is 0 Å². The molecule has 0 atom stereocenters. The molecule has 8 nitrogen and oxygen atoms in total. The maximum Gasteiger partial charge on any atom is 0.139 e. The molecule has 1 aromatic carbocycles. The minimum Gasteiger partial charge on any atom is -0.351 e. The molecule has 9 heteroatoms. The van der Waals surface area contributed by atoms with Crippen LogP contribution in [-0.2, 0) is 17.9 Å². The Balaban J connectivity index is 0.000000645. The molecule has 5 rings (SSSR count). The molecule has 0 aliphatic carbocycles. The van der Waals surface area contributed by atoms with Crippen molar-refractivity contribution in [3.63, 3.8) is 0 Å². The fraction of sp³-hybridized carbons (Fsp3) is 0.227. The summed E-state index contributed by atoms with van der Waals surface area (Å²) in [4.78, 5) is 28.4. The van der Waals surface area contributed by atoms with E-state index < -0.39 is 0 Å². The highest BCUT2D eigenvalue weighted by Gasteiger charge is 2.26. The summed E-state index contributed by atoms with van der Waals surface area (Å²) in [5.41, 5.74) is 9.69. The predicted octanol–water partition coefficient (Wildman–Crippen LogP) is 3.75. The van der Waals surface area contributed by atoms with Crippen molar-refractivity contribution < 1.29 is 4.79 Å². The molecule has 1 aliphatic rings. The Hall–Kier alpha value is -3.43. The number of thiazole rings is 1. The number of nitrogens with two attached hydrogens (primary N) is 1. The Bertz CT molecular complexity index is 1180. The van der Waals surface area contributed by atoms with Gasteiger partial charge in [0.25, 0.3) is 0 Å². The van der Waals surface area contributed by atoms with Crippen LogP contribution in [0.25, 0.3) is 10.9 Å². The molecule has 31 heavy (non-hydrogen) atoms. The Kier molecular flexibility index (Phi) is 7.22. The number of aromatic nitrogens is 4. The van der Waals surface area contributed by atoms with Crippen molar-refractivity contribution in [2.24, 2.45) is 5.73 Å². The van der Waals surface area contributed by atoms with Crippen molar-refractivity contribution in [2.75, 3.05) is 17.3 Å². The van der Waals surface area contributed by atoms with Crippen LogP contribution in [0.2, 0.25) is 0 Å². The zero-order valence-corrected chi connectivity index (χ0v) is 18.6. The Morgan fingerprint density at radius 3 is 2.61 bits per heavy atom. The highest BCUT2D eigenvalue weighted by atomic mass is 32.1. The van der Waals surface area contributed by atoms with Gasteiger partial charge in [0.05, 0.1) is 40.3 Å². The van der Waals surface area contributed by atoms with Gasteiger partial charge in [-0.25, -0.2) is 15.0 Å². The number of nitrogens with zero attached hydrogens (tertiary/aromatic N) is 5. The Morgan fingerprint density at radius 1 is 1.10 bits per heavy atom. The van der Waals surface area contributed by atoms with Gasteiger partial charge in [-0.15, -0.1) is 11.3 Å². The molecular weight excluding hydrogens is 410 g/mol. The smallest absolute Gasteiger partial charge is 0.139 e. The van der Waals surface area contributed by atoms with Gasteiger partial charge in [0.15, 0.2) is 0 Å². The van der Waals surface area contributed by atoms with Crippen molar-refractivity contribution in [2.45, 2.75) is 26.9 Å². The second-order valence-electron chi connectivity index (χ2n) is 6.67. The fourth-order valence-electron chi connectivity index (χ4n) is 3.52. The van der Waals surface area contributed by atoms with Gasteiger partial charge in [-0.3, -0.25) is 4.98 Å². The van der Waals surface area contributed by atoms with Crippen molar-refractivity contribution in [3.05, 3.63) is 64.8 Å². The molecule has 0 unspecified atom stereocenters. The topological polar surface area (TPSA) is 110 Å². The average molecular weight is 436 g/mol. The van der Waals surface area contributed by atoms with E-state index in [0.717, 1.165) is 57.5 Å². The molecule has 0 spiro atoms. The minimum atomic E-state index is 0.780. The summed E-state index contributed by atoms with van der Waals surface area (Å²) in [5.74, 6) is 0.846. The second kappa shape index (κ2) is 10.1. The van der Waals surface area contributed by atoms with Gasteiger partial charge in [0.2, 0.25) is 0 Å². The van der Waals surface area contributed by atoms with E-state index in [2.05, 4.69) is 54.9 Å². The summed E-state index contributed by atoms with van der Waals surface area (Å²) < 4.78 is 0. The number of benzene rings is 1. The maximum absolute atomic E-state index is 8.00. The van der Waals surface area contributed by atoms with E-state index in [1.165, 1.54) is 12.0 Å². The highest BCUT2D eigenvalue weighted by Crippen LogP contribution is 2.36. The first-order valence-electron chi connectivity index (χ1n) is 9.67. The van der Waals surface area contributed by atoms with E-state index in [-0.39, 0.29) is 0 Å². The summed E-state index contributed by atoms with van der Waals surface area (Å²) in [5, 5.41) is 6.84. The van der Waals surface area contributed by atoms with Gasteiger partial charge >= 0.3 is 0 Å². The average Bonchev–Trinajstić information content (AvgIpc) is 3.39. The third-order valence-electron chi connectivity index (χ3n) is 4.74. The van der Waals surface area contributed by atoms with Gasteiger partial charge in [-0.2, -0.15) is 0 Å². The van der Waals surface area contributed by atoms with Gasteiger partial charge in [0, 0.05) is 17.5 Å². The molecule has 4 heterocycles. The summed E-state index contributed by atoms with van der Waals surface area (Å²) in [7, 11) is 1.50. The fourth-order valence-corrected chi connectivity index (χ4v) is 4.43. The number of nitrogens with one attached hydrogen (secondary N) is 1. The molecule has 160 valence electrons.